The third-order valence-electron chi connectivity index (χ3n) is 5.18. The molecule has 0 radical (unpaired) electrons. The fraction of sp³-hybridized carbons (Fsp3) is 0.375. The van der Waals surface area contributed by atoms with Crippen LogP contribution in [0.2, 0.25) is 0 Å². The molecule has 1 saturated heterocycles. The summed E-state index contributed by atoms with van der Waals surface area (Å²) in [5.41, 5.74) is 0.168. The molecular weight excluding hydrogens is 346 g/mol. The zero-order valence-corrected chi connectivity index (χ0v) is 13.4. The Labute approximate surface area is 144 Å². The van der Waals surface area contributed by atoms with E-state index in [1.807, 2.05) is 0 Å². The maximum Gasteiger partial charge on any atom is 0.325 e. The summed E-state index contributed by atoms with van der Waals surface area (Å²) < 4.78 is 30.0. The number of nitrogens with zero attached hydrogens (tertiary/aromatic N) is 4. The maximum atomic E-state index is 14.3. The first-order valence-corrected chi connectivity index (χ1v) is 8.23. The SMILES string of the molecule is O=c1[nH]cc(-c2cc(N3C[C@@H]4C[C@H]3C(F)(F)C4)c3nccn3n2)c(=O)[nH]1. The summed E-state index contributed by atoms with van der Waals surface area (Å²) in [6.45, 7) is 0.522. The number of imidazole rings is 1. The first-order chi connectivity index (χ1) is 12.4. The number of aromatic nitrogens is 5. The van der Waals surface area contributed by atoms with Crippen LogP contribution in [0.15, 0.2) is 34.2 Å². The highest BCUT2D eigenvalue weighted by Crippen LogP contribution is 2.49. The van der Waals surface area contributed by atoms with Crippen LogP contribution in [0.1, 0.15) is 12.8 Å². The van der Waals surface area contributed by atoms with E-state index in [-0.39, 0.29) is 23.6 Å². The fourth-order valence-corrected chi connectivity index (χ4v) is 4.10. The topological polar surface area (TPSA) is 99.2 Å². The molecule has 0 spiro atoms. The second-order valence-corrected chi connectivity index (χ2v) is 6.83. The number of anilines is 1. The minimum absolute atomic E-state index is 0.0573. The quantitative estimate of drug-likeness (QED) is 0.711. The Balaban J connectivity index is 1.70. The molecule has 5 rings (SSSR count). The molecule has 3 aromatic rings. The van der Waals surface area contributed by atoms with Crippen molar-refractivity contribution in [3.8, 4) is 11.3 Å². The Morgan fingerprint density at radius 1 is 1.31 bits per heavy atom. The second-order valence-electron chi connectivity index (χ2n) is 6.83. The van der Waals surface area contributed by atoms with Crippen LogP contribution in [0, 0.1) is 5.92 Å². The predicted octanol–water partition coefficient (Wildman–Crippen LogP) is 1.01. The van der Waals surface area contributed by atoms with Gasteiger partial charge in [-0.2, -0.15) is 5.10 Å². The zero-order valence-electron chi connectivity index (χ0n) is 13.4. The molecule has 134 valence electrons. The number of hydrogen-bond donors (Lipinski definition) is 2. The molecule has 0 amide bonds. The Bertz CT molecular complexity index is 1130. The van der Waals surface area contributed by atoms with Gasteiger partial charge in [0.15, 0.2) is 5.65 Å². The summed E-state index contributed by atoms with van der Waals surface area (Å²) in [5.74, 6) is -2.80. The molecule has 1 saturated carbocycles. The lowest BCUT2D eigenvalue weighted by Crippen LogP contribution is -2.45. The first-order valence-electron chi connectivity index (χ1n) is 8.23. The number of hydrogen-bond acceptors (Lipinski definition) is 5. The third kappa shape index (κ3) is 2.11. The van der Waals surface area contributed by atoms with Crippen molar-refractivity contribution in [3.05, 3.63) is 45.5 Å². The van der Waals surface area contributed by atoms with E-state index in [2.05, 4.69) is 20.1 Å². The molecular formula is C16H14F2N6O2. The Hall–Kier alpha value is -3.04. The number of rotatable bonds is 2. The van der Waals surface area contributed by atoms with Crippen LogP contribution < -0.4 is 16.1 Å². The Morgan fingerprint density at radius 3 is 2.88 bits per heavy atom. The number of alkyl halides is 2. The first kappa shape index (κ1) is 15.2. The average molecular weight is 360 g/mol. The minimum atomic E-state index is -2.74. The van der Waals surface area contributed by atoms with Crippen molar-refractivity contribution in [2.24, 2.45) is 5.92 Å². The van der Waals surface area contributed by atoms with E-state index in [1.165, 1.54) is 16.9 Å². The van der Waals surface area contributed by atoms with Crippen LogP contribution >= 0.6 is 0 Å². The van der Waals surface area contributed by atoms with Gasteiger partial charge in [0.25, 0.3) is 11.5 Å². The highest BCUT2D eigenvalue weighted by Gasteiger charge is 2.57. The lowest BCUT2D eigenvalue weighted by Gasteiger charge is -2.34. The van der Waals surface area contributed by atoms with Crippen LogP contribution in [0.3, 0.4) is 0 Å². The summed E-state index contributed by atoms with van der Waals surface area (Å²) in [6.07, 6.45) is 4.74. The monoisotopic (exact) mass is 360 g/mol. The van der Waals surface area contributed by atoms with Gasteiger partial charge in [-0.3, -0.25) is 9.78 Å². The minimum Gasteiger partial charge on any atom is -0.359 e. The molecule has 4 heterocycles. The van der Waals surface area contributed by atoms with Crippen LogP contribution in [0.4, 0.5) is 14.5 Å². The predicted molar refractivity (Wildman–Crippen MR) is 88.5 cm³/mol. The van der Waals surface area contributed by atoms with Crippen molar-refractivity contribution in [3.63, 3.8) is 0 Å². The molecule has 2 bridgehead atoms. The summed E-state index contributed by atoms with van der Waals surface area (Å²) in [6, 6.07) is 0.708. The number of H-pyrrole nitrogens is 2. The van der Waals surface area contributed by atoms with Crippen LogP contribution in [0.25, 0.3) is 16.9 Å². The zero-order chi connectivity index (χ0) is 18.1. The highest BCUT2D eigenvalue weighted by atomic mass is 19.3. The van der Waals surface area contributed by atoms with Gasteiger partial charge in [0.1, 0.15) is 5.69 Å². The van der Waals surface area contributed by atoms with Gasteiger partial charge in [0.05, 0.1) is 17.3 Å². The van der Waals surface area contributed by atoms with Crippen molar-refractivity contribution in [1.82, 2.24) is 24.6 Å². The molecule has 2 fully saturated rings. The highest BCUT2D eigenvalue weighted by molar-refractivity contribution is 5.75. The van der Waals surface area contributed by atoms with Crippen molar-refractivity contribution in [2.75, 3.05) is 11.4 Å². The van der Waals surface area contributed by atoms with E-state index in [1.54, 1.807) is 17.2 Å². The largest absolute Gasteiger partial charge is 0.359 e. The van der Waals surface area contributed by atoms with Gasteiger partial charge >= 0.3 is 5.69 Å². The molecule has 2 atom stereocenters. The van der Waals surface area contributed by atoms with Crippen LogP contribution in [-0.2, 0) is 0 Å². The number of halogens is 2. The van der Waals surface area contributed by atoms with Crippen molar-refractivity contribution < 1.29 is 8.78 Å². The fourth-order valence-electron chi connectivity index (χ4n) is 4.10. The average Bonchev–Trinajstić information content (AvgIpc) is 3.26. The molecule has 0 unspecified atom stereocenters. The standard InChI is InChI=1S/C16H14F2N6O2/c17-16(18)5-8-3-12(16)23(7-8)11-4-10(22-24-2-1-19-13(11)24)9-6-20-15(26)21-14(9)25/h1-2,4,6,8,12H,3,5,7H2,(H2,20,21,25,26)/t8-,12+/m1/s1. The lowest BCUT2D eigenvalue weighted by molar-refractivity contribution is -0.0204. The van der Waals surface area contributed by atoms with Gasteiger partial charge in [-0.25, -0.2) is 23.1 Å². The van der Waals surface area contributed by atoms with Gasteiger partial charge in [0, 0.05) is 31.6 Å². The van der Waals surface area contributed by atoms with E-state index in [0.717, 1.165) is 0 Å². The lowest BCUT2D eigenvalue weighted by atomic mass is 10.1. The molecule has 3 aromatic heterocycles. The molecule has 1 aliphatic carbocycles. The number of fused-ring (bicyclic) bond motifs is 3. The van der Waals surface area contributed by atoms with Gasteiger partial charge in [-0.1, -0.05) is 0 Å². The van der Waals surface area contributed by atoms with Gasteiger partial charge in [0.2, 0.25) is 0 Å². The molecule has 26 heavy (non-hydrogen) atoms. The molecule has 2 N–H and O–H groups in total. The van der Waals surface area contributed by atoms with E-state index in [0.29, 0.717) is 24.3 Å². The van der Waals surface area contributed by atoms with Gasteiger partial charge in [-0.05, 0) is 18.4 Å². The summed E-state index contributed by atoms with van der Waals surface area (Å²) in [7, 11) is 0. The summed E-state index contributed by atoms with van der Waals surface area (Å²) >= 11 is 0. The van der Waals surface area contributed by atoms with Crippen molar-refractivity contribution in [1.29, 1.82) is 0 Å². The maximum absolute atomic E-state index is 14.3. The number of nitrogens with one attached hydrogen (secondary N) is 2. The molecule has 0 aromatic carbocycles. The third-order valence-corrected chi connectivity index (χ3v) is 5.18. The summed E-state index contributed by atoms with van der Waals surface area (Å²) in [4.78, 5) is 33.8. The van der Waals surface area contributed by atoms with Crippen molar-refractivity contribution >= 4 is 11.3 Å². The van der Waals surface area contributed by atoms with Crippen molar-refractivity contribution in [2.45, 2.75) is 24.8 Å². The van der Waals surface area contributed by atoms with Crippen LogP contribution in [-0.4, -0.2) is 43.1 Å². The van der Waals surface area contributed by atoms with E-state index in [9.17, 15) is 18.4 Å². The second kappa shape index (κ2) is 4.99. The molecule has 8 nitrogen and oxygen atoms in total. The van der Waals surface area contributed by atoms with Gasteiger partial charge in [-0.15, -0.1) is 0 Å². The van der Waals surface area contributed by atoms with E-state index in [4.69, 9.17) is 0 Å². The smallest absolute Gasteiger partial charge is 0.325 e. The Morgan fingerprint density at radius 2 is 2.15 bits per heavy atom. The Kier molecular flexibility index (Phi) is 2.92. The van der Waals surface area contributed by atoms with Gasteiger partial charge < -0.3 is 9.88 Å². The number of piperidine rings is 1. The van der Waals surface area contributed by atoms with E-state index >= 15 is 0 Å². The van der Waals surface area contributed by atoms with Crippen LogP contribution in [0.5, 0.6) is 0 Å². The molecule has 1 aliphatic heterocycles. The molecule has 10 heteroatoms. The van der Waals surface area contributed by atoms with E-state index < -0.39 is 23.2 Å². The normalized spacial score (nSPS) is 23.8. The number of aromatic amines is 2. The summed E-state index contributed by atoms with van der Waals surface area (Å²) in [5, 5.41) is 4.32. The molecule has 2 aliphatic rings.